The van der Waals surface area contributed by atoms with Gasteiger partial charge in [-0.25, -0.2) is 9.87 Å². The van der Waals surface area contributed by atoms with E-state index >= 15 is 0 Å². The van der Waals surface area contributed by atoms with Gasteiger partial charge in [0.25, 0.3) is 5.91 Å². The quantitative estimate of drug-likeness (QED) is 0.514. The van der Waals surface area contributed by atoms with E-state index in [1.807, 2.05) is 0 Å². The van der Waals surface area contributed by atoms with Crippen molar-refractivity contribution in [1.82, 2.24) is 10.5 Å². The van der Waals surface area contributed by atoms with E-state index in [0.29, 0.717) is 11.1 Å². The second-order valence-electron chi connectivity index (χ2n) is 5.55. The van der Waals surface area contributed by atoms with Crippen molar-refractivity contribution in [2.24, 2.45) is 0 Å². The van der Waals surface area contributed by atoms with Crippen LogP contribution in [0, 0.1) is 5.82 Å². The van der Waals surface area contributed by atoms with Gasteiger partial charge in [0, 0.05) is 28.2 Å². The summed E-state index contributed by atoms with van der Waals surface area (Å²) >= 11 is 0. The van der Waals surface area contributed by atoms with Gasteiger partial charge in [-0.1, -0.05) is 12.1 Å². The standard InChI is InChI=1S/C18H17FN2O4/c19-13-5-6-15-16(8-20-17(15)7-13)11-1-3-12(4-2-11)18(24)21-25-10-14(23)9-22/h1-8,14,20,22-23H,9-10H2,(H,21,24)/t14-/m0/s1. The molecule has 4 N–H and O–H groups in total. The SMILES string of the molecule is O=C(NOC[C@@H](O)CO)c1ccc(-c2c[nH]c3cc(F)ccc23)cc1. The molecular formula is C18H17FN2O4. The number of carbonyl (C=O) groups excluding carboxylic acids is 1. The number of hydrogen-bond acceptors (Lipinski definition) is 4. The molecule has 2 aromatic carbocycles. The second kappa shape index (κ2) is 7.43. The zero-order valence-electron chi connectivity index (χ0n) is 13.2. The molecule has 3 aromatic rings. The summed E-state index contributed by atoms with van der Waals surface area (Å²) in [5.74, 6) is -0.767. The van der Waals surface area contributed by atoms with E-state index in [1.165, 1.54) is 12.1 Å². The summed E-state index contributed by atoms with van der Waals surface area (Å²) in [6.45, 7) is -0.648. The second-order valence-corrected chi connectivity index (χ2v) is 5.55. The summed E-state index contributed by atoms with van der Waals surface area (Å²) in [6.07, 6.45) is 0.743. The van der Waals surface area contributed by atoms with E-state index in [9.17, 15) is 9.18 Å². The highest BCUT2D eigenvalue weighted by molar-refractivity contribution is 5.97. The van der Waals surface area contributed by atoms with Crippen LogP contribution in [0.1, 0.15) is 10.4 Å². The number of fused-ring (bicyclic) bond motifs is 1. The Morgan fingerprint density at radius 1 is 1.24 bits per heavy atom. The molecule has 1 atom stereocenters. The number of aliphatic hydroxyl groups is 2. The molecule has 0 saturated carbocycles. The Morgan fingerprint density at radius 2 is 2.00 bits per heavy atom. The Hall–Kier alpha value is -2.74. The lowest BCUT2D eigenvalue weighted by Crippen LogP contribution is -2.29. The maximum Gasteiger partial charge on any atom is 0.274 e. The predicted octanol–water partition coefficient (Wildman–Crippen LogP) is 1.99. The summed E-state index contributed by atoms with van der Waals surface area (Å²) in [6, 6.07) is 11.4. The lowest BCUT2D eigenvalue weighted by molar-refractivity contribution is -0.0295. The molecular weight excluding hydrogens is 327 g/mol. The van der Waals surface area contributed by atoms with Crippen LogP contribution < -0.4 is 5.48 Å². The van der Waals surface area contributed by atoms with Gasteiger partial charge in [0.15, 0.2) is 0 Å². The summed E-state index contributed by atoms with van der Waals surface area (Å²) in [5.41, 5.74) is 5.07. The average Bonchev–Trinajstić information content (AvgIpc) is 3.04. The Balaban J connectivity index is 1.72. The molecule has 0 radical (unpaired) electrons. The van der Waals surface area contributed by atoms with Crippen molar-refractivity contribution in [2.75, 3.05) is 13.2 Å². The number of rotatable bonds is 6. The molecule has 25 heavy (non-hydrogen) atoms. The zero-order chi connectivity index (χ0) is 17.8. The fraction of sp³-hybridized carbons (Fsp3) is 0.167. The summed E-state index contributed by atoms with van der Waals surface area (Å²) in [5, 5.41) is 18.7. The monoisotopic (exact) mass is 344 g/mol. The van der Waals surface area contributed by atoms with Crippen molar-refractivity contribution in [3.8, 4) is 11.1 Å². The van der Waals surface area contributed by atoms with Gasteiger partial charge < -0.3 is 15.2 Å². The molecule has 0 fully saturated rings. The van der Waals surface area contributed by atoms with Gasteiger partial charge in [0.2, 0.25) is 0 Å². The Bertz CT molecular complexity index is 876. The minimum Gasteiger partial charge on any atom is -0.394 e. The highest BCUT2D eigenvalue weighted by atomic mass is 19.1. The molecule has 1 amide bonds. The molecule has 7 heteroatoms. The smallest absolute Gasteiger partial charge is 0.274 e. The third-order valence-corrected chi connectivity index (χ3v) is 3.75. The fourth-order valence-corrected chi connectivity index (χ4v) is 2.45. The topological polar surface area (TPSA) is 94.6 Å². The van der Waals surface area contributed by atoms with Crippen molar-refractivity contribution in [2.45, 2.75) is 6.10 Å². The number of hydrogen-bond donors (Lipinski definition) is 4. The maximum atomic E-state index is 13.3. The number of aromatic nitrogens is 1. The molecule has 130 valence electrons. The van der Waals surface area contributed by atoms with Crippen LogP contribution in [0.2, 0.25) is 0 Å². The van der Waals surface area contributed by atoms with Gasteiger partial charge in [0.05, 0.1) is 6.61 Å². The number of benzene rings is 2. The summed E-state index contributed by atoms with van der Waals surface area (Å²) in [7, 11) is 0. The van der Waals surface area contributed by atoms with Crippen LogP contribution in [-0.4, -0.2) is 40.4 Å². The fourth-order valence-electron chi connectivity index (χ4n) is 2.45. The highest BCUT2D eigenvalue weighted by Gasteiger charge is 2.10. The summed E-state index contributed by atoms with van der Waals surface area (Å²) in [4.78, 5) is 19.8. The van der Waals surface area contributed by atoms with Gasteiger partial charge >= 0.3 is 0 Å². The number of H-pyrrole nitrogens is 1. The molecule has 0 aliphatic rings. The lowest BCUT2D eigenvalue weighted by atomic mass is 10.0. The first-order chi connectivity index (χ1) is 12.1. The van der Waals surface area contributed by atoms with Crippen LogP contribution in [0.3, 0.4) is 0 Å². The molecule has 3 rings (SSSR count). The van der Waals surface area contributed by atoms with E-state index < -0.39 is 18.6 Å². The largest absolute Gasteiger partial charge is 0.394 e. The third kappa shape index (κ3) is 3.85. The van der Waals surface area contributed by atoms with Crippen LogP contribution in [0.4, 0.5) is 4.39 Å². The zero-order valence-corrected chi connectivity index (χ0v) is 13.2. The predicted molar refractivity (Wildman–Crippen MR) is 90.2 cm³/mol. The first-order valence-corrected chi connectivity index (χ1v) is 7.66. The molecule has 0 unspecified atom stereocenters. The number of carbonyl (C=O) groups is 1. The van der Waals surface area contributed by atoms with Gasteiger partial charge in [-0.15, -0.1) is 0 Å². The number of aromatic amines is 1. The first-order valence-electron chi connectivity index (χ1n) is 7.66. The summed E-state index contributed by atoms with van der Waals surface area (Å²) < 4.78 is 13.3. The van der Waals surface area contributed by atoms with E-state index in [0.717, 1.165) is 16.5 Å². The molecule has 0 aliphatic carbocycles. The number of nitrogens with one attached hydrogen (secondary N) is 2. The van der Waals surface area contributed by atoms with E-state index in [-0.39, 0.29) is 12.4 Å². The van der Waals surface area contributed by atoms with E-state index in [1.54, 1.807) is 36.5 Å². The van der Waals surface area contributed by atoms with Crippen LogP contribution >= 0.6 is 0 Å². The lowest BCUT2D eigenvalue weighted by Gasteiger charge is -2.09. The number of aliphatic hydroxyl groups excluding tert-OH is 2. The Labute approximate surface area is 142 Å². The Morgan fingerprint density at radius 3 is 2.72 bits per heavy atom. The molecule has 0 aliphatic heterocycles. The Kier molecular flexibility index (Phi) is 5.08. The third-order valence-electron chi connectivity index (χ3n) is 3.75. The van der Waals surface area contributed by atoms with Gasteiger partial charge in [-0.05, 0) is 35.9 Å². The molecule has 0 spiro atoms. The van der Waals surface area contributed by atoms with Gasteiger partial charge in [-0.3, -0.25) is 9.63 Å². The normalized spacial score (nSPS) is 12.3. The van der Waals surface area contributed by atoms with Gasteiger partial charge in [0.1, 0.15) is 18.5 Å². The van der Waals surface area contributed by atoms with Crippen molar-refractivity contribution < 1.29 is 24.2 Å². The van der Waals surface area contributed by atoms with Crippen LogP contribution in [0.25, 0.3) is 22.0 Å². The number of halogens is 1. The van der Waals surface area contributed by atoms with Crippen molar-refractivity contribution >= 4 is 16.8 Å². The number of amides is 1. The molecule has 6 nitrogen and oxygen atoms in total. The highest BCUT2D eigenvalue weighted by Crippen LogP contribution is 2.29. The van der Waals surface area contributed by atoms with E-state index in [2.05, 4.69) is 10.5 Å². The maximum absolute atomic E-state index is 13.3. The van der Waals surface area contributed by atoms with Crippen molar-refractivity contribution in [1.29, 1.82) is 0 Å². The van der Waals surface area contributed by atoms with Crippen LogP contribution in [-0.2, 0) is 4.84 Å². The van der Waals surface area contributed by atoms with Crippen LogP contribution in [0.5, 0.6) is 0 Å². The minimum absolute atomic E-state index is 0.202. The molecule has 1 heterocycles. The van der Waals surface area contributed by atoms with E-state index in [4.69, 9.17) is 15.1 Å². The van der Waals surface area contributed by atoms with Crippen LogP contribution in [0.15, 0.2) is 48.7 Å². The first kappa shape index (κ1) is 17.1. The van der Waals surface area contributed by atoms with Gasteiger partial charge in [-0.2, -0.15) is 0 Å². The van der Waals surface area contributed by atoms with Crippen molar-refractivity contribution in [3.05, 3.63) is 60.0 Å². The number of hydroxylamine groups is 1. The molecule has 0 saturated heterocycles. The molecule has 0 bridgehead atoms. The minimum atomic E-state index is -1.05. The van der Waals surface area contributed by atoms with Crippen molar-refractivity contribution in [3.63, 3.8) is 0 Å². The average molecular weight is 344 g/mol. The molecule has 1 aromatic heterocycles.